The summed E-state index contributed by atoms with van der Waals surface area (Å²) >= 11 is 0. The van der Waals surface area contributed by atoms with Crippen LogP contribution >= 0.6 is 0 Å². The third-order valence-corrected chi connectivity index (χ3v) is 8.79. The molecule has 2 saturated carbocycles. The van der Waals surface area contributed by atoms with Crippen molar-refractivity contribution in [3.8, 4) is 0 Å². The summed E-state index contributed by atoms with van der Waals surface area (Å²) in [5.41, 5.74) is 0. The van der Waals surface area contributed by atoms with Gasteiger partial charge in [-0.05, 0) is 110 Å². The van der Waals surface area contributed by atoms with Crippen LogP contribution in [0.15, 0.2) is 0 Å². The summed E-state index contributed by atoms with van der Waals surface area (Å²) < 4.78 is 0. The van der Waals surface area contributed by atoms with Gasteiger partial charge in [0.1, 0.15) is 0 Å². The second-order valence-corrected chi connectivity index (χ2v) is 10.4. The second kappa shape index (κ2) is 8.49. The van der Waals surface area contributed by atoms with Gasteiger partial charge >= 0.3 is 0 Å². The third-order valence-electron chi connectivity index (χ3n) is 8.79. The van der Waals surface area contributed by atoms with Gasteiger partial charge in [0.25, 0.3) is 0 Å². The predicted octanol–water partition coefficient (Wildman–Crippen LogP) is 4.22. The van der Waals surface area contributed by atoms with Crippen LogP contribution in [0.4, 0.5) is 0 Å². The standard InChI is InChI=1S/2C8H15N.C7H13N/c2*1-9-6-7-2-4-8(9)5-3-7;1-8-6-2-3-7(8)5-4-6/h2*7-8H,2-6H2,1H3;6-7H,2-5H2,1H3. The molecule has 150 valence electrons. The summed E-state index contributed by atoms with van der Waals surface area (Å²) in [5, 5.41) is 0. The van der Waals surface area contributed by atoms with Crippen molar-refractivity contribution < 1.29 is 0 Å². The zero-order valence-corrected chi connectivity index (χ0v) is 17.7. The Morgan fingerprint density at radius 2 is 0.731 bits per heavy atom. The third kappa shape index (κ3) is 4.31. The SMILES string of the molecule is CN1C2CCC1CC2.CN1CC2CCC1CC2.CN1CC2CCC1CC2. The highest BCUT2D eigenvalue weighted by atomic mass is 15.2. The molecule has 6 bridgehead atoms. The molecule has 26 heavy (non-hydrogen) atoms. The van der Waals surface area contributed by atoms with Gasteiger partial charge in [0.2, 0.25) is 0 Å². The largest absolute Gasteiger partial charge is 0.303 e. The van der Waals surface area contributed by atoms with Gasteiger partial charge in [0.15, 0.2) is 0 Å². The van der Waals surface area contributed by atoms with Crippen LogP contribution in [-0.2, 0) is 0 Å². The van der Waals surface area contributed by atoms with Gasteiger partial charge in [0.05, 0.1) is 0 Å². The second-order valence-electron chi connectivity index (χ2n) is 10.4. The first-order chi connectivity index (χ1) is 12.6. The Kier molecular flexibility index (Phi) is 6.27. The van der Waals surface area contributed by atoms with E-state index in [9.17, 15) is 0 Å². The fraction of sp³-hybridized carbons (Fsp3) is 1.00. The van der Waals surface area contributed by atoms with Gasteiger partial charge in [0, 0.05) is 37.3 Å². The molecule has 8 fully saturated rings. The molecular formula is C23H43N3. The van der Waals surface area contributed by atoms with E-state index in [1.807, 2.05) is 0 Å². The van der Waals surface area contributed by atoms with Gasteiger partial charge in [-0.2, -0.15) is 0 Å². The zero-order chi connectivity index (χ0) is 18.1. The number of rotatable bonds is 0. The van der Waals surface area contributed by atoms with E-state index in [2.05, 4.69) is 35.8 Å². The Balaban J connectivity index is 0.0000000972. The molecule has 0 aromatic carbocycles. The highest BCUT2D eigenvalue weighted by Crippen LogP contribution is 2.35. The van der Waals surface area contributed by atoms with E-state index >= 15 is 0 Å². The topological polar surface area (TPSA) is 9.72 Å². The Hall–Kier alpha value is -0.120. The summed E-state index contributed by atoms with van der Waals surface area (Å²) in [6.07, 6.45) is 17.8. The predicted molar refractivity (Wildman–Crippen MR) is 111 cm³/mol. The van der Waals surface area contributed by atoms with Crippen LogP contribution < -0.4 is 0 Å². The molecule has 2 aliphatic carbocycles. The van der Waals surface area contributed by atoms with Crippen molar-refractivity contribution in [3.63, 3.8) is 0 Å². The molecule has 0 unspecified atom stereocenters. The average Bonchev–Trinajstić information content (AvgIpc) is 3.22. The minimum absolute atomic E-state index is 0.954. The molecule has 6 heterocycles. The molecule has 8 rings (SSSR count). The van der Waals surface area contributed by atoms with Crippen LogP contribution in [0.5, 0.6) is 0 Å². The van der Waals surface area contributed by atoms with E-state index in [-0.39, 0.29) is 0 Å². The van der Waals surface area contributed by atoms with Crippen molar-refractivity contribution in [2.75, 3.05) is 34.2 Å². The maximum atomic E-state index is 2.56. The summed E-state index contributed by atoms with van der Waals surface area (Å²) in [4.78, 5) is 7.63. The Bertz CT molecular complexity index is 389. The molecule has 0 amide bonds. The molecule has 3 nitrogen and oxygen atoms in total. The Morgan fingerprint density at radius 1 is 0.423 bits per heavy atom. The van der Waals surface area contributed by atoms with E-state index in [1.54, 1.807) is 0 Å². The molecule has 6 saturated heterocycles. The molecule has 0 atom stereocenters. The molecule has 0 radical (unpaired) electrons. The van der Waals surface area contributed by atoms with Crippen LogP contribution in [0.3, 0.4) is 0 Å². The fourth-order valence-corrected chi connectivity index (χ4v) is 6.82. The minimum atomic E-state index is 0.954. The van der Waals surface area contributed by atoms with Crippen LogP contribution in [0.1, 0.15) is 77.0 Å². The van der Waals surface area contributed by atoms with Crippen molar-refractivity contribution in [1.82, 2.24) is 14.7 Å². The van der Waals surface area contributed by atoms with Crippen molar-refractivity contribution in [2.45, 2.75) is 101 Å². The van der Waals surface area contributed by atoms with Gasteiger partial charge in [-0.3, -0.25) is 0 Å². The Morgan fingerprint density at radius 3 is 0.846 bits per heavy atom. The van der Waals surface area contributed by atoms with Crippen LogP contribution in [0.25, 0.3) is 0 Å². The lowest BCUT2D eigenvalue weighted by molar-refractivity contribution is 0.0727. The van der Waals surface area contributed by atoms with E-state index < -0.39 is 0 Å². The van der Waals surface area contributed by atoms with Gasteiger partial charge < -0.3 is 14.7 Å². The number of hydrogen-bond donors (Lipinski definition) is 0. The number of hydrogen-bond acceptors (Lipinski definition) is 3. The smallest absolute Gasteiger partial charge is 0.00963 e. The summed E-state index contributed by atoms with van der Waals surface area (Å²) in [6.45, 7) is 2.76. The summed E-state index contributed by atoms with van der Waals surface area (Å²) in [5.74, 6) is 2.11. The van der Waals surface area contributed by atoms with Gasteiger partial charge in [-0.15, -0.1) is 0 Å². The normalized spacial score (nSPS) is 44.4. The molecule has 6 aliphatic heterocycles. The molecule has 3 heteroatoms. The number of fused-ring (bicyclic) bond motifs is 8. The molecule has 0 aromatic heterocycles. The van der Waals surface area contributed by atoms with E-state index in [0.717, 1.165) is 36.0 Å². The molecule has 8 aliphatic rings. The molecule has 0 spiro atoms. The van der Waals surface area contributed by atoms with Crippen LogP contribution in [0, 0.1) is 11.8 Å². The van der Waals surface area contributed by atoms with Crippen molar-refractivity contribution >= 4 is 0 Å². The quantitative estimate of drug-likeness (QED) is 0.639. The van der Waals surface area contributed by atoms with Crippen molar-refractivity contribution in [2.24, 2.45) is 11.8 Å². The summed E-state index contributed by atoms with van der Waals surface area (Å²) in [6, 6.07) is 3.85. The highest BCUT2D eigenvalue weighted by molar-refractivity contribution is 4.92. The monoisotopic (exact) mass is 361 g/mol. The maximum absolute atomic E-state index is 2.56. The lowest BCUT2D eigenvalue weighted by atomic mass is 9.80. The number of piperidine rings is 4. The van der Waals surface area contributed by atoms with Crippen LogP contribution in [0.2, 0.25) is 0 Å². The van der Waals surface area contributed by atoms with Gasteiger partial charge in [-0.1, -0.05) is 0 Å². The fourth-order valence-electron chi connectivity index (χ4n) is 6.82. The van der Waals surface area contributed by atoms with E-state index in [1.165, 1.54) is 90.1 Å². The highest BCUT2D eigenvalue weighted by Gasteiger charge is 2.36. The van der Waals surface area contributed by atoms with Crippen molar-refractivity contribution in [1.29, 1.82) is 0 Å². The lowest BCUT2D eigenvalue weighted by Crippen LogP contribution is -2.45. The molecular weight excluding hydrogens is 318 g/mol. The summed E-state index contributed by atoms with van der Waals surface area (Å²) in [7, 11) is 6.82. The lowest BCUT2D eigenvalue weighted by Gasteiger charge is -2.43. The maximum Gasteiger partial charge on any atom is 0.00963 e. The van der Waals surface area contributed by atoms with Crippen molar-refractivity contribution in [3.05, 3.63) is 0 Å². The minimum Gasteiger partial charge on any atom is -0.303 e. The average molecular weight is 362 g/mol. The first kappa shape index (κ1) is 19.2. The van der Waals surface area contributed by atoms with Crippen LogP contribution in [-0.4, -0.2) is 73.1 Å². The number of nitrogens with zero attached hydrogens (tertiary/aromatic N) is 3. The zero-order valence-electron chi connectivity index (χ0n) is 17.7. The first-order valence-corrected chi connectivity index (χ1v) is 11.7. The molecule has 0 aromatic rings. The van der Waals surface area contributed by atoms with E-state index in [0.29, 0.717) is 0 Å². The van der Waals surface area contributed by atoms with Gasteiger partial charge in [-0.25, -0.2) is 0 Å². The van der Waals surface area contributed by atoms with E-state index in [4.69, 9.17) is 0 Å². The molecule has 0 N–H and O–H groups in total. The first-order valence-electron chi connectivity index (χ1n) is 11.7. The Labute approximate surface area is 162 Å².